The fourth-order valence-electron chi connectivity index (χ4n) is 2.29. The molecular weight excluding hydrogens is 234 g/mol. The number of ether oxygens (including phenoxy) is 2. The van der Waals surface area contributed by atoms with Gasteiger partial charge < -0.3 is 20.1 Å². The highest BCUT2D eigenvalue weighted by molar-refractivity contribution is 5.98. The second kappa shape index (κ2) is 4.55. The van der Waals surface area contributed by atoms with Crippen LogP contribution in [0.3, 0.4) is 0 Å². The summed E-state index contributed by atoms with van der Waals surface area (Å²) in [5.74, 6) is 0.216. The Labute approximate surface area is 105 Å². The average molecular weight is 249 g/mol. The maximum Gasteiger partial charge on any atom is 0.252 e. The largest absolute Gasteiger partial charge is 0.378 e. The summed E-state index contributed by atoms with van der Waals surface area (Å²) in [6, 6.07) is 1.81. The van der Waals surface area contributed by atoms with Crippen LogP contribution in [0.1, 0.15) is 21.6 Å². The molecule has 3 heterocycles. The first kappa shape index (κ1) is 11.4. The quantitative estimate of drug-likeness (QED) is 0.801. The highest BCUT2D eigenvalue weighted by Gasteiger charge is 2.23. The third-order valence-corrected chi connectivity index (χ3v) is 3.24. The van der Waals surface area contributed by atoms with Gasteiger partial charge in [-0.3, -0.25) is 4.79 Å². The van der Waals surface area contributed by atoms with Gasteiger partial charge in [-0.05, 0) is 6.07 Å². The smallest absolute Gasteiger partial charge is 0.252 e. The molecule has 0 spiro atoms. The van der Waals surface area contributed by atoms with Crippen LogP contribution < -0.4 is 10.6 Å². The molecule has 2 aliphatic rings. The number of rotatable bonds is 2. The molecule has 0 saturated carbocycles. The number of carbonyl (C=O) groups excluding carboxylic acids is 1. The van der Waals surface area contributed by atoms with Crippen LogP contribution in [0.2, 0.25) is 0 Å². The number of amides is 1. The van der Waals surface area contributed by atoms with Gasteiger partial charge in [0.25, 0.3) is 5.91 Å². The van der Waals surface area contributed by atoms with Gasteiger partial charge in [0.15, 0.2) is 0 Å². The highest BCUT2D eigenvalue weighted by atomic mass is 16.5. The number of nitrogens with two attached hydrogens (primary N) is 1. The lowest BCUT2D eigenvalue weighted by molar-refractivity contribution is 0.0998. The van der Waals surface area contributed by atoms with Crippen LogP contribution in [-0.2, 0) is 22.7 Å². The molecule has 96 valence electrons. The fourth-order valence-corrected chi connectivity index (χ4v) is 2.29. The lowest BCUT2D eigenvalue weighted by atomic mass is 10.1. The Kier molecular flexibility index (Phi) is 2.89. The highest BCUT2D eigenvalue weighted by Crippen LogP contribution is 2.26. The SMILES string of the molecule is NC(=O)c1cc2c(nc1N1CCOCC1)COC2. The zero-order valence-electron chi connectivity index (χ0n) is 10.0. The van der Waals surface area contributed by atoms with Gasteiger partial charge in [0, 0.05) is 18.7 Å². The minimum Gasteiger partial charge on any atom is -0.378 e. The lowest BCUT2D eigenvalue weighted by Gasteiger charge is -2.29. The van der Waals surface area contributed by atoms with Gasteiger partial charge in [-0.1, -0.05) is 0 Å². The second-order valence-electron chi connectivity index (χ2n) is 4.42. The average Bonchev–Trinajstić information content (AvgIpc) is 2.85. The van der Waals surface area contributed by atoms with Crippen LogP contribution in [0.15, 0.2) is 6.07 Å². The molecule has 1 amide bonds. The van der Waals surface area contributed by atoms with Crippen LogP contribution in [0, 0.1) is 0 Å². The number of nitrogens with zero attached hydrogens (tertiary/aromatic N) is 2. The molecule has 0 unspecified atom stereocenters. The van der Waals surface area contributed by atoms with Crippen molar-refractivity contribution in [3.05, 3.63) is 22.9 Å². The molecule has 1 saturated heterocycles. The van der Waals surface area contributed by atoms with Crippen molar-refractivity contribution < 1.29 is 14.3 Å². The maximum atomic E-state index is 11.5. The number of fused-ring (bicyclic) bond motifs is 1. The van der Waals surface area contributed by atoms with Gasteiger partial charge in [-0.15, -0.1) is 0 Å². The van der Waals surface area contributed by atoms with E-state index in [4.69, 9.17) is 15.2 Å². The van der Waals surface area contributed by atoms with E-state index in [1.54, 1.807) is 0 Å². The van der Waals surface area contributed by atoms with Crippen molar-refractivity contribution in [3.63, 3.8) is 0 Å². The standard InChI is InChI=1S/C12H15N3O3/c13-11(16)9-5-8-6-18-7-10(8)14-12(9)15-1-3-17-4-2-15/h5H,1-4,6-7H2,(H2,13,16). The molecule has 3 rings (SSSR count). The van der Waals surface area contributed by atoms with Crippen molar-refractivity contribution in [2.24, 2.45) is 5.73 Å². The van der Waals surface area contributed by atoms with Crippen LogP contribution >= 0.6 is 0 Å². The third kappa shape index (κ3) is 1.93. The Balaban J connectivity index is 2.02. The molecular formula is C12H15N3O3. The van der Waals surface area contributed by atoms with Gasteiger partial charge in [0.05, 0.1) is 37.7 Å². The Morgan fingerprint density at radius 2 is 2.06 bits per heavy atom. The van der Waals surface area contributed by atoms with Crippen molar-refractivity contribution >= 4 is 11.7 Å². The molecule has 1 fully saturated rings. The van der Waals surface area contributed by atoms with Crippen molar-refractivity contribution in [2.75, 3.05) is 31.2 Å². The number of morpholine rings is 1. The van der Waals surface area contributed by atoms with E-state index in [9.17, 15) is 4.79 Å². The molecule has 2 aliphatic heterocycles. The van der Waals surface area contributed by atoms with Gasteiger partial charge in [-0.2, -0.15) is 0 Å². The normalized spacial score (nSPS) is 18.8. The number of pyridine rings is 1. The number of primary amides is 1. The first-order chi connectivity index (χ1) is 8.75. The zero-order valence-corrected chi connectivity index (χ0v) is 10.0. The van der Waals surface area contributed by atoms with Crippen LogP contribution in [0.4, 0.5) is 5.82 Å². The summed E-state index contributed by atoms with van der Waals surface area (Å²) in [4.78, 5) is 18.1. The summed E-state index contributed by atoms with van der Waals surface area (Å²) in [5.41, 5.74) is 7.77. The summed E-state index contributed by atoms with van der Waals surface area (Å²) >= 11 is 0. The molecule has 0 bridgehead atoms. The second-order valence-corrected chi connectivity index (χ2v) is 4.42. The summed E-state index contributed by atoms with van der Waals surface area (Å²) < 4.78 is 10.6. The van der Waals surface area contributed by atoms with Crippen molar-refractivity contribution in [1.82, 2.24) is 4.98 Å². The molecule has 1 aromatic rings. The van der Waals surface area contributed by atoms with Crippen molar-refractivity contribution in [1.29, 1.82) is 0 Å². The number of hydrogen-bond donors (Lipinski definition) is 1. The van der Waals surface area contributed by atoms with Crippen LogP contribution in [0.25, 0.3) is 0 Å². The van der Waals surface area contributed by atoms with E-state index in [0.717, 1.165) is 24.3 Å². The number of anilines is 1. The molecule has 2 N–H and O–H groups in total. The van der Waals surface area contributed by atoms with E-state index >= 15 is 0 Å². The van der Waals surface area contributed by atoms with E-state index in [1.807, 2.05) is 11.0 Å². The third-order valence-electron chi connectivity index (χ3n) is 3.24. The number of aromatic nitrogens is 1. The van der Waals surface area contributed by atoms with Gasteiger partial charge in [0.2, 0.25) is 0 Å². The molecule has 0 radical (unpaired) electrons. The first-order valence-electron chi connectivity index (χ1n) is 5.99. The van der Waals surface area contributed by atoms with Crippen LogP contribution in [0.5, 0.6) is 0 Å². The van der Waals surface area contributed by atoms with E-state index < -0.39 is 5.91 Å². The Hall–Kier alpha value is -1.66. The molecule has 0 aliphatic carbocycles. The number of carbonyl (C=O) groups is 1. The van der Waals surface area contributed by atoms with Gasteiger partial charge >= 0.3 is 0 Å². The van der Waals surface area contributed by atoms with Crippen molar-refractivity contribution in [3.8, 4) is 0 Å². The minimum atomic E-state index is -0.446. The Bertz CT molecular complexity index is 484. The molecule has 6 nitrogen and oxygen atoms in total. The predicted octanol–water partition coefficient (Wildman–Crippen LogP) is 0.0473. The first-order valence-corrected chi connectivity index (χ1v) is 5.99. The van der Waals surface area contributed by atoms with E-state index in [-0.39, 0.29) is 0 Å². The van der Waals surface area contributed by atoms with E-state index in [1.165, 1.54) is 0 Å². The van der Waals surface area contributed by atoms with E-state index in [0.29, 0.717) is 37.8 Å². The zero-order chi connectivity index (χ0) is 12.5. The fraction of sp³-hybridized carbons (Fsp3) is 0.500. The summed E-state index contributed by atoms with van der Waals surface area (Å²) in [6.07, 6.45) is 0. The summed E-state index contributed by atoms with van der Waals surface area (Å²) in [5, 5.41) is 0. The topological polar surface area (TPSA) is 77.7 Å². The monoisotopic (exact) mass is 249 g/mol. The molecule has 6 heteroatoms. The van der Waals surface area contributed by atoms with E-state index in [2.05, 4.69) is 4.98 Å². The van der Waals surface area contributed by atoms with Gasteiger partial charge in [-0.25, -0.2) is 4.98 Å². The molecule has 18 heavy (non-hydrogen) atoms. The summed E-state index contributed by atoms with van der Waals surface area (Å²) in [7, 11) is 0. The van der Waals surface area contributed by atoms with Crippen LogP contribution in [-0.4, -0.2) is 37.2 Å². The van der Waals surface area contributed by atoms with Crippen molar-refractivity contribution in [2.45, 2.75) is 13.2 Å². The molecule has 0 atom stereocenters. The minimum absolute atomic E-state index is 0.446. The molecule has 1 aromatic heterocycles. The summed E-state index contributed by atoms with van der Waals surface area (Å²) in [6.45, 7) is 3.76. The lowest BCUT2D eigenvalue weighted by Crippen LogP contribution is -2.38. The Morgan fingerprint density at radius 1 is 1.28 bits per heavy atom. The Morgan fingerprint density at radius 3 is 2.78 bits per heavy atom. The maximum absolute atomic E-state index is 11.5. The molecule has 0 aromatic carbocycles. The van der Waals surface area contributed by atoms with Gasteiger partial charge in [0.1, 0.15) is 5.82 Å². The predicted molar refractivity (Wildman–Crippen MR) is 64.3 cm³/mol. The number of hydrogen-bond acceptors (Lipinski definition) is 5.